The van der Waals surface area contributed by atoms with Crippen molar-refractivity contribution in [3.8, 4) is 22.3 Å². The van der Waals surface area contributed by atoms with Gasteiger partial charge in [-0.05, 0) is 85.9 Å². The van der Waals surface area contributed by atoms with Crippen molar-refractivity contribution in [2.75, 3.05) is 9.80 Å². The minimum Gasteiger partial charge on any atom is -0.311 e. The van der Waals surface area contributed by atoms with Crippen LogP contribution in [0, 0.1) is 0 Å². The molecule has 3 aliphatic heterocycles. The van der Waals surface area contributed by atoms with Crippen LogP contribution in [0.15, 0.2) is 152 Å². The van der Waals surface area contributed by atoms with Crippen LogP contribution in [0.1, 0.15) is 52.7 Å². The minimum atomic E-state index is -2.13. The molecule has 0 spiro atoms. The van der Waals surface area contributed by atoms with Crippen LogP contribution in [0.2, 0.25) is 13.1 Å². The second kappa shape index (κ2) is 12.2. The van der Waals surface area contributed by atoms with E-state index in [9.17, 15) is 0 Å². The van der Waals surface area contributed by atoms with E-state index in [-0.39, 0.29) is 17.5 Å². The molecule has 0 aromatic heterocycles. The summed E-state index contributed by atoms with van der Waals surface area (Å²) in [7, 11) is -2.13. The molecule has 3 aliphatic rings. The molecule has 7 aromatic carbocycles. The number of hydrogen-bond acceptors (Lipinski definition) is 2. The monoisotopic (exact) mass is 740 g/mol. The van der Waals surface area contributed by atoms with Crippen LogP contribution < -0.4 is 36.6 Å². The molecule has 274 valence electrons. The lowest BCUT2D eigenvalue weighted by atomic mass is 9.33. The first-order valence-electron chi connectivity index (χ1n) is 20.2. The van der Waals surface area contributed by atoms with Gasteiger partial charge in [0, 0.05) is 33.9 Å². The van der Waals surface area contributed by atoms with Crippen LogP contribution in [0.5, 0.6) is 0 Å². The summed E-state index contributed by atoms with van der Waals surface area (Å²) < 4.78 is 0. The van der Waals surface area contributed by atoms with Crippen LogP contribution in [0.4, 0.5) is 34.1 Å². The first kappa shape index (κ1) is 34.9. The van der Waals surface area contributed by atoms with Crippen molar-refractivity contribution in [2.45, 2.75) is 65.5 Å². The summed E-state index contributed by atoms with van der Waals surface area (Å²) in [6.07, 6.45) is 0. The van der Waals surface area contributed by atoms with Crippen LogP contribution in [-0.2, 0) is 10.8 Å². The first-order valence-corrected chi connectivity index (χ1v) is 23.2. The quantitative estimate of drug-likeness (QED) is 0.166. The first-order chi connectivity index (χ1) is 26.8. The zero-order chi connectivity index (χ0) is 38.7. The Bertz CT molecular complexity index is 2520. The zero-order valence-corrected chi connectivity index (χ0v) is 34.9. The summed E-state index contributed by atoms with van der Waals surface area (Å²) in [5.74, 6) is 0. The Morgan fingerprint density at radius 2 is 0.714 bits per heavy atom. The van der Waals surface area contributed by atoms with Crippen molar-refractivity contribution in [3.63, 3.8) is 0 Å². The molecule has 0 amide bonds. The Morgan fingerprint density at radius 1 is 0.375 bits per heavy atom. The van der Waals surface area contributed by atoms with Gasteiger partial charge in [-0.15, -0.1) is 0 Å². The minimum absolute atomic E-state index is 0.0956. The van der Waals surface area contributed by atoms with E-state index in [2.05, 4.69) is 216 Å². The van der Waals surface area contributed by atoms with E-state index in [1.165, 1.54) is 83.9 Å². The molecule has 56 heavy (non-hydrogen) atoms. The summed E-state index contributed by atoms with van der Waals surface area (Å²) >= 11 is 0. The van der Waals surface area contributed by atoms with Crippen molar-refractivity contribution in [1.29, 1.82) is 0 Å². The predicted octanol–water partition coefficient (Wildman–Crippen LogP) is 10.8. The zero-order valence-electron chi connectivity index (χ0n) is 33.9. The van der Waals surface area contributed by atoms with Gasteiger partial charge in [0.2, 0.25) is 0 Å². The van der Waals surface area contributed by atoms with Crippen molar-refractivity contribution in [3.05, 3.63) is 163 Å². The van der Waals surface area contributed by atoms with Gasteiger partial charge in [-0.25, -0.2) is 0 Å². The second-order valence-corrected chi connectivity index (χ2v) is 22.9. The lowest BCUT2D eigenvalue weighted by molar-refractivity contribution is 0.590. The summed E-state index contributed by atoms with van der Waals surface area (Å²) in [6.45, 7) is 19.0. The van der Waals surface area contributed by atoms with Gasteiger partial charge in [-0.2, -0.15) is 0 Å². The van der Waals surface area contributed by atoms with E-state index >= 15 is 0 Å². The molecule has 0 bridgehead atoms. The normalized spacial score (nSPS) is 14.8. The molecule has 0 saturated heterocycles. The molecule has 2 nitrogen and oxygen atoms in total. The number of para-hydroxylation sites is 2. The third-order valence-corrected chi connectivity index (χ3v) is 16.4. The van der Waals surface area contributed by atoms with Crippen LogP contribution in [0.25, 0.3) is 22.3 Å². The molecule has 0 saturated carbocycles. The Balaban J connectivity index is 1.24. The van der Waals surface area contributed by atoms with Crippen molar-refractivity contribution < 1.29 is 0 Å². The van der Waals surface area contributed by atoms with Gasteiger partial charge in [-0.1, -0.05) is 180 Å². The van der Waals surface area contributed by atoms with Gasteiger partial charge in [0.1, 0.15) is 8.07 Å². The fraction of sp³-hybridized carbons (Fsp3) is 0.192. The number of anilines is 6. The maximum Gasteiger partial charge on any atom is 0.251 e. The van der Waals surface area contributed by atoms with Gasteiger partial charge in [0.05, 0.1) is 11.4 Å². The molecule has 0 atom stereocenters. The van der Waals surface area contributed by atoms with E-state index in [4.69, 9.17) is 0 Å². The average Bonchev–Trinajstić information content (AvgIpc) is 3.19. The van der Waals surface area contributed by atoms with Gasteiger partial charge in [0.25, 0.3) is 6.71 Å². The van der Waals surface area contributed by atoms with E-state index in [1.807, 2.05) is 0 Å². The molecule has 0 unspecified atom stereocenters. The molecule has 0 fully saturated rings. The molecule has 7 aromatic rings. The smallest absolute Gasteiger partial charge is 0.251 e. The third-order valence-electron chi connectivity index (χ3n) is 12.8. The number of nitrogens with zero attached hydrogens (tertiary/aromatic N) is 2. The van der Waals surface area contributed by atoms with Crippen LogP contribution in [-0.4, -0.2) is 14.8 Å². The highest BCUT2D eigenvalue weighted by Crippen LogP contribution is 2.48. The standard InChI is InChI=1S/C52H49BN2Si/c1-51(2,3)36-30-26-34(27-31-36)38-16-9-11-18-40(38)54-42-20-13-21-43-48(42)53-49-44(54)22-14-24-46(49)56(7,8)47-25-15-23-45(50(47)53)55(43)41-19-12-10-17-39(41)35-28-32-37(33-29-35)52(4,5)6/h9-33H,1-8H3. The molecular formula is C52H49BN2Si. The van der Waals surface area contributed by atoms with E-state index < -0.39 is 8.07 Å². The van der Waals surface area contributed by atoms with Crippen LogP contribution in [0.3, 0.4) is 0 Å². The van der Waals surface area contributed by atoms with Gasteiger partial charge in [-0.3, -0.25) is 0 Å². The van der Waals surface area contributed by atoms with Crippen molar-refractivity contribution >= 4 is 75.7 Å². The number of benzene rings is 7. The van der Waals surface area contributed by atoms with Crippen molar-refractivity contribution in [1.82, 2.24) is 0 Å². The fourth-order valence-corrected chi connectivity index (χ4v) is 13.1. The van der Waals surface area contributed by atoms with Crippen molar-refractivity contribution in [2.24, 2.45) is 0 Å². The lowest BCUT2D eigenvalue weighted by Gasteiger charge is -2.50. The average molecular weight is 741 g/mol. The highest BCUT2D eigenvalue weighted by atomic mass is 28.3. The number of hydrogen-bond donors (Lipinski definition) is 0. The fourth-order valence-electron chi connectivity index (χ4n) is 9.90. The lowest BCUT2D eigenvalue weighted by Crippen LogP contribution is -2.79. The second-order valence-electron chi connectivity index (χ2n) is 18.6. The molecule has 0 aliphatic carbocycles. The van der Waals surface area contributed by atoms with E-state index in [0.29, 0.717) is 0 Å². The summed E-state index contributed by atoms with van der Waals surface area (Å²) in [5, 5.41) is 3.10. The summed E-state index contributed by atoms with van der Waals surface area (Å²) in [6, 6.07) is 57.9. The summed E-state index contributed by atoms with van der Waals surface area (Å²) in [4.78, 5) is 5.19. The van der Waals surface area contributed by atoms with Gasteiger partial charge in [0.15, 0.2) is 0 Å². The predicted molar refractivity (Wildman–Crippen MR) is 245 cm³/mol. The molecule has 0 radical (unpaired) electrons. The molecule has 3 heterocycles. The van der Waals surface area contributed by atoms with E-state index in [1.54, 1.807) is 10.4 Å². The van der Waals surface area contributed by atoms with Crippen LogP contribution >= 0.6 is 0 Å². The van der Waals surface area contributed by atoms with Gasteiger partial charge >= 0.3 is 0 Å². The maximum absolute atomic E-state index is 2.60. The largest absolute Gasteiger partial charge is 0.311 e. The summed E-state index contributed by atoms with van der Waals surface area (Å²) in [5.41, 5.74) is 19.8. The van der Waals surface area contributed by atoms with E-state index in [0.717, 1.165) is 0 Å². The Labute approximate surface area is 334 Å². The highest BCUT2D eigenvalue weighted by Gasteiger charge is 2.51. The molecule has 10 rings (SSSR count). The highest BCUT2D eigenvalue weighted by molar-refractivity contribution is 7.16. The maximum atomic E-state index is 2.60. The SMILES string of the molecule is CC(C)(C)c1ccc(-c2ccccc2N2c3cccc4c3B3c5c2cccc5[Si](C)(C)c2cccc(c23)N4c2ccccc2-c2ccc(C(C)(C)C)cc2)cc1. The Kier molecular flexibility index (Phi) is 7.60. The Hall–Kier alpha value is -5.58. The molecular weight excluding hydrogens is 691 g/mol. The molecule has 4 heteroatoms. The Morgan fingerprint density at radius 3 is 1.11 bits per heavy atom. The van der Waals surface area contributed by atoms with Gasteiger partial charge < -0.3 is 9.80 Å². The number of rotatable bonds is 4. The molecule has 0 N–H and O–H groups in total. The third kappa shape index (κ3) is 5.08. The topological polar surface area (TPSA) is 6.48 Å².